The van der Waals surface area contributed by atoms with E-state index in [1.165, 1.54) is 0 Å². The largest absolute Gasteiger partial charge is 0.376 e. The van der Waals surface area contributed by atoms with E-state index < -0.39 is 0 Å². The second-order valence-corrected chi connectivity index (χ2v) is 3.82. The van der Waals surface area contributed by atoms with Gasteiger partial charge in [-0.2, -0.15) is 0 Å². The molecule has 0 aromatic heterocycles. The fourth-order valence-corrected chi connectivity index (χ4v) is 1.69. The highest BCUT2D eigenvalue weighted by atomic mass is 16.5. The van der Waals surface area contributed by atoms with Crippen LogP contribution in [0.1, 0.15) is 26.2 Å². The van der Waals surface area contributed by atoms with Crippen LogP contribution >= 0.6 is 0 Å². The molecular formula is C10H18N2O3. The third-order valence-electron chi connectivity index (χ3n) is 2.53. The zero-order valence-corrected chi connectivity index (χ0v) is 9.07. The van der Waals surface area contributed by atoms with Gasteiger partial charge in [-0.05, 0) is 12.8 Å². The standard InChI is InChI=1S/C10H18N2O3/c1-8(13)12-5-2-3-9(7-12)15-6-4-10(11)14/h9H,2-7H2,1H3,(H2,11,14). The maximum Gasteiger partial charge on any atom is 0.219 e. The second kappa shape index (κ2) is 5.70. The Hall–Kier alpha value is -1.10. The summed E-state index contributed by atoms with van der Waals surface area (Å²) in [6.45, 7) is 3.36. The number of amides is 2. The molecule has 0 aromatic carbocycles. The van der Waals surface area contributed by atoms with Gasteiger partial charge in [0.05, 0.1) is 12.7 Å². The monoisotopic (exact) mass is 214 g/mol. The average Bonchev–Trinajstić information content (AvgIpc) is 2.17. The topological polar surface area (TPSA) is 72.6 Å². The van der Waals surface area contributed by atoms with Crippen LogP contribution in [-0.2, 0) is 14.3 Å². The summed E-state index contributed by atoms with van der Waals surface area (Å²) in [5.74, 6) is -0.271. The minimum Gasteiger partial charge on any atom is -0.376 e. The van der Waals surface area contributed by atoms with Crippen LogP contribution < -0.4 is 5.73 Å². The molecule has 0 spiro atoms. The molecule has 0 bridgehead atoms. The van der Waals surface area contributed by atoms with E-state index in [9.17, 15) is 9.59 Å². The van der Waals surface area contributed by atoms with Gasteiger partial charge in [0.1, 0.15) is 0 Å². The predicted molar refractivity (Wildman–Crippen MR) is 55.0 cm³/mol. The van der Waals surface area contributed by atoms with Crippen molar-refractivity contribution in [3.05, 3.63) is 0 Å². The summed E-state index contributed by atoms with van der Waals surface area (Å²) in [6.07, 6.45) is 2.21. The molecule has 1 aliphatic rings. The van der Waals surface area contributed by atoms with E-state index in [1.807, 2.05) is 0 Å². The molecule has 2 N–H and O–H groups in total. The first-order chi connectivity index (χ1) is 7.09. The number of primary amides is 1. The van der Waals surface area contributed by atoms with Crippen molar-refractivity contribution < 1.29 is 14.3 Å². The van der Waals surface area contributed by atoms with Gasteiger partial charge in [-0.1, -0.05) is 0 Å². The van der Waals surface area contributed by atoms with E-state index >= 15 is 0 Å². The van der Waals surface area contributed by atoms with E-state index in [0.29, 0.717) is 13.2 Å². The van der Waals surface area contributed by atoms with E-state index in [0.717, 1.165) is 19.4 Å². The minimum absolute atomic E-state index is 0.0574. The molecule has 1 aliphatic heterocycles. The number of ether oxygens (including phenoxy) is 1. The lowest BCUT2D eigenvalue weighted by Crippen LogP contribution is -2.42. The number of likely N-dealkylation sites (tertiary alicyclic amines) is 1. The smallest absolute Gasteiger partial charge is 0.219 e. The van der Waals surface area contributed by atoms with Crippen LogP contribution in [0.3, 0.4) is 0 Å². The van der Waals surface area contributed by atoms with Gasteiger partial charge < -0.3 is 15.4 Å². The summed E-state index contributed by atoms with van der Waals surface area (Å²) < 4.78 is 5.48. The number of carbonyl (C=O) groups is 2. The van der Waals surface area contributed by atoms with Gasteiger partial charge in [0.25, 0.3) is 0 Å². The van der Waals surface area contributed by atoms with Gasteiger partial charge in [0.15, 0.2) is 0 Å². The molecule has 0 saturated carbocycles. The molecule has 1 unspecified atom stereocenters. The fourth-order valence-electron chi connectivity index (χ4n) is 1.69. The second-order valence-electron chi connectivity index (χ2n) is 3.82. The molecule has 2 amide bonds. The summed E-state index contributed by atoms with van der Waals surface area (Å²) in [4.78, 5) is 23.4. The summed E-state index contributed by atoms with van der Waals surface area (Å²) in [7, 11) is 0. The van der Waals surface area contributed by atoms with Crippen LogP contribution in [0.5, 0.6) is 0 Å². The van der Waals surface area contributed by atoms with Gasteiger partial charge in [-0.15, -0.1) is 0 Å². The van der Waals surface area contributed by atoms with Crippen LogP contribution in [0.15, 0.2) is 0 Å². The molecule has 1 heterocycles. The first kappa shape index (κ1) is 12.0. The summed E-state index contributed by atoms with van der Waals surface area (Å²) in [5, 5.41) is 0. The molecule has 1 rings (SSSR count). The molecule has 1 atom stereocenters. The third kappa shape index (κ3) is 4.29. The number of piperidine rings is 1. The Morgan fingerprint density at radius 1 is 1.53 bits per heavy atom. The van der Waals surface area contributed by atoms with Crippen molar-refractivity contribution >= 4 is 11.8 Å². The van der Waals surface area contributed by atoms with Crippen LogP contribution in [-0.4, -0.2) is 42.5 Å². The molecule has 5 nitrogen and oxygen atoms in total. The predicted octanol–water partition coefficient (Wildman–Crippen LogP) is -0.111. The van der Waals surface area contributed by atoms with Gasteiger partial charge >= 0.3 is 0 Å². The Morgan fingerprint density at radius 2 is 2.27 bits per heavy atom. The van der Waals surface area contributed by atoms with Crippen molar-refractivity contribution in [1.82, 2.24) is 4.90 Å². The normalized spacial score (nSPS) is 21.4. The quantitative estimate of drug-likeness (QED) is 0.709. The number of nitrogens with zero attached hydrogens (tertiary/aromatic N) is 1. The van der Waals surface area contributed by atoms with E-state index in [-0.39, 0.29) is 24.3 Å². The number of hydrogen-bond donors (Lipinski definition) is 1. The first-order valence-corrected chi connectivity index (χ1v) is 5.25. The van der Waals surface area contributed by atoms with Gasteiger partial charge in [0.2, 0.25) is 11.8 Å². The highest BCUT2D eigenvalue weighted by Crippen LogP contribution is 2.13. The SMILES string of the molecule is CC(=O)N1CCCC(OCCC(N)=O)C1. The number of hydrogen-bond acceptors (Lipinski definition) is 3. The van der Waals surface area contributed by atoms with E-state index in [4.69, 9.17) is 10.5 Å². The van der Waals surface area contributed by atoms with Crippen LogP contribution in [0.2, 0.25) is 0 Å². The Bertz CT molecular complexity index is 243. The molecule has 0 aliphatic carbocycles. The van der Waals surface area contributed by atoms with Crippen molar-refractivity contribution in [3.63, 3.8) is 0 Å². The van der Waals surface area contributed by atoms with Crippen LogP contribution in [0.4, 0.5) is 0 Å². The highest BCUT2D eigenvalue weighted by Gasteiger charge is 2.21. The maximum atomic E-state index is 11.1. The van der Waals surface area contributed by atoms with Gasteiger partial charge in [-0.3, -0.25) is 9.59 Å². The summed E-state index contributed by atoms with van der Waals surface area (Å²) in [6, 6.07) is 0. The number of rotatable bonds is 4. The average molecular weight is 214 g/mol. The molecule has 5 heteroatoms. The fraction of sp³-hybridized carbons (Fsp3) is 0.800. The van der Waals surface area contributed by atoms with Crippen molar-refractivity contribution in [2.75, 3.05) is 19.7 Å². The lowest BCUT2D eigenvalue weighted by atomic mass is 10.1. The Labute approximate surface area is 89.6 Å². The zero-order valence-electron chi connectivity index (χ0n) is 9.07. The summed E-state index contributed by atoms with van der Waals surface area (Å²) >= 11 is 0. The first-order valence-electron chi connectivity index (χ1n) is 5.25. The van der Waals surface area contributed by atoms with Crippen LogP contribution in [0.25, 0.3) is 0 Å². The van der Waals surface area contributed by atoms with Crippen LogP contribution in [0, 0.1) is 0 Å². The summed E-state index contributed by atoms with van der Waals surface area (Å²) in [5.41, 5.74) is 5.00. The maximum absolute atomic E-state index is 11.1. The number of carbonyl (C=O) groups excluding carboxylic acids is 2. The van der Waals surface area contributed by atoms with E-state index in [2.05, 4.69) is 0 Å². The van der Waals surface area contributed by atoms with Crippen molar-refractivity contribution in [2.24, 2.45) is 5.73 Å². The molecule has 1 saturated heterocycles. The molecule has 0 aromatic rings. The lowest BCUT2D eigenvalue weighted by molar-refractivity contribution is -0.133. The van der Waals surface area contributed by atoms with Gasteiger partial charge in [-0.25, -0.2) is 0 Å². The van der Waals surface area contributed by atoms with Crippen molar-refractivity contribution in [1.29, 1.82) is 0 Å². The van der Waals surface area contributed by atoms with Crippen molar-refractivity contribution in [3.8, 4) is 0 Å². The molecule has 86 valence electrons. The third-order valence-corrected chi connectivity index (χ3v) is 2.53. The molecule has 15 heavy (non-hydrogen) atoms. The van der Waals surface area contributed by atoms with Gasteiger partial charge in [0, 0.05) is 26.4 Å². The molecule has 0 radical (unpaired) electrons. The Morgan fingerprint density at radius 3 is 2.87 bits per heavy atom. The molecular weight excluding hydrogens is 196 g/mol. The zero-order chi connectivity index (χ0) is 11.3. The van der Waals surface area contributed by atoms with Crippen molar-refractivity contribution in [2.45, 2.75) is 32.3 Å². The van der Waals surface area contributed by atoms with E-state index in [1.54, 1.807) is 11.8 Å². The molecule has 1 fully saturated rings. The highest BCUT2D eigenvalue weighted by molar-refractivity contribution is 5.74. The minimum atomic E-state index is -0.353. The Balaban J connectivity index is 2.24. The number of nitrogens with two attached hydrogens (primary N) is 1. The Kier molecular flexibility index (Phi) is 4.55. The lowest BCUT2D eigenvalue weighted by Gasteiger charge is -2.31.